The van der Waals surface area contributed by atoms with Gasteiger partial charge in [-0.25, -0.2) is 13.6 Å². The highest BCUT2D eigenvalue weighted by molar-refractivity contribution is 6.33. The van der Waals surface area contributed by atoms with Crippen LogP contribution in [0.1, 0.15) is 11.1 Å². The number of fused-ring (bicyclic) bond motifs is 4. The number of benzene rings is 4. The number of nitrogens with zero attached hydrogens (tertiary/aromatic N) is 2. The molecule has 6 atom stereocenters. The Morgan fingerprint density at radius 1 is 0.620 bits per heavy atom. The van der Waals surface area contributed by atoms with E-state index in [1.54, 1.807) is 34.1 Å². The fraction of sp³-hybridized carbons (Fsp3) is 0.340. The molecule has 0 spiro atoms. The van der Waals surface area contributed by atoms with Crippen molar-refractivity contribution in [1.82, 2.24) is 9.80 Å². The summed E-state index contributed by atoms with van der Waals surface area (Å²) >= 11 is 11.6. The van der Waals surface area contributed by atoms with Crippen LogP contribution in [-0.2, 0) is 19.1 Å². The quantitative estimate of drug-likeness (QED) is 0.0552. The third-order valence-corrected chi connectivity index (χ3v) is 12.5. The Morgan fingerprint density at radius 3 is 1.39 bits per heavy atom. The van der Waals surface area contributed by atoms with E-state index in [4.69, 9.17) is 44.1 Å². The van der Waals surface area contributed by atoms with Crippen molar-refractivity contribution >= 4 is 75.9 Å². The van der Waals surface area contributed by atoms with Crippen molar-refractivity contribution in [2.45, 2.75) is 24.8 Å². The summed E-state index contributed by atoms with van der Waals surface area (Å²) in [6, 6.07) is 15.4. The Kier molecular flexibility index (Phi) is 16.4. The number of rotatable bonds is 11. The van der Waals surface area contributed by atoms with Gasteiger partial charge >= 0.3 is 18.8 Å². The van der Waals surface area contributed by atoms with Crippen molar-refractivity contribution in [2.24, 2.45) is 29.4 Å². The molecule has 4 aromatic carbocycles. The van der Waals surface area contributed by atoms with E-state index < -0.39 is 35.3 Å². The molecule has 0 aromatic heterocycles. The molecule has 24 heteroatoms. The minimum absolute atomic E-state index is 0.00329. The Hall–Kier alpha value is -6.49. The average Bonchev–Trinajstić information content (AvgIpc) is 3.27. The van der Waals surface area contributed by atoms with Gasteiger partial charge in [0.25, 0.3) is 0 Å². The first-order valence-corrected chi connectivity index (χ1v) is 22.5. The third-order valence-electron chi connectivity index (χ3n) is 11.9. The molecule has 380 valence electrons. The van der Waals surface area contributed by atoms with Gasteiger partial charge in [-0.1, -0.05) is 23.2 Å². The summed E-state index contributed by atoms with van der Waals surface area (Å²) in [5.74, 6) is -2.68. The molecule has 14 nitrogen and oxygen atoms in total. The fourth-order valence-electron chi connectivity index (χ4n) is 8.80. The number of primary amides is 1. The number of carbonyl (C=O) groups is 3. The molecule has 0 radical (unpaired) electrons. The normalized spacial score (nSPS) is 22.1. The number of alkyl halides is 6. The van der Waals surface area contributed by atoms with Gasteiger partial charge in [-0.2, -0.15) is 0 Å². The largest absolute Gasteiger partial charge is 0.573 e. The van der Waals surface area contributed by atoms with Crippen molar-refractivity contribution < 1.29 is 68.5 Å². The minimum Gasteiger partial charge on any atom is -0.404 e. The zero-order valence-electron chi connectivity index (χ0n) is 37.0. The highest BCUT2D eigenvalue weighted by atomic mass is 35.5. The van der Waals surface area contributed by atoms with Crippen molar-refractivity contribution in [2.75, 3.05) is 74.3 Å². The Morgan fingerprint density at radius 2 is 1.00 bits per heavy atom. The molecule has 4 heterocycles. The maximum absolute atomic E-state index is 13.2. The molecule has 4 fully saturated rings. The lowest BCUT2D eigenvalue weighted by atomic mass is 9.82. The van der Waals surface area contributed by atoms with E-state index in [1.807, 2.05) is 0 Å². The van der Waals surface area contributed by atoms with E-state index >= 15 is 0 Å². The van der Waals surface area contributed by atoms with Crippen molar-refractivity contribution in [3.63, 3.8) is 0 Å². The summed E-state index contributed by atoms with van der Waals surface area (Å²) in [4.78, 5) is 40.5. The first kappa shape index (κ1) is 52.3. The van der Waals surface area contributed by atoms with Gasteiger partial charge in [0.1, 0.15) is 23.1 Å². The van der Waals surface area contributed by atoms with Crippen molar-refractivity contribution in [3.05, 3.63) is 118 Å². The lowest BCUT2D eigenvalue weighted by Crippen LogP contribution is -2.59. The maximum Gasteiger partial charge on any atom is 0.573 e. The van der Waals surface area contributed by atoms with Gasteiger partial charge in [0.2, 0.25) is 11.8 Å². The number of halogens is 10. The second kappa shape index (κ2) is 22.3. The molecule has 4 saturated heterocycles. The number of nitrogens with two attached hydrogens (primary N) is 2. The molecule has 4 aliphatic heterocycles. The predicted octanol–water partition coefficient (Wildman–Crippen LogP) is 9.03. The Bertz CT molecular complexity index is 2600. The van der Waals surface area contributed by atoms with Crippen LogP contribution >= 0.6 is 23.2 Å². The summed E-state index contributed by atoms with van der Waals surface area (Å²) in [5.41, 5.74) is 12.9. The summed E-state index contributed by atoms with van der Waals surface area (Å²) < 4.78 is 122. The molecule has 4 amide bonds. The van der Waals surface area contributed by atoms with E-state index in [-0.39, 0.29) is 86.7 Å². The molecule has 71 heavy (non-hydrogen) atoms. The van der Waals surface area contributed by atoms with Crippen LogP contribution in [0.3, 0.4) is 0 Å². The molecule has 0 aliphatic carbocycles. The molecule has 2 unspecified atom stereocenters. The number of hydrogen-bond donors (Lipinski definition) is 5. The van der Waals surface area contributed by atoms with Crippen molar-refractivity contribution in [3.8, 4) is 11.5 Å². The van der Waals surface area contributed by atoms with Gasteiger partial charge in [0, 0.05) is 102 Å². The standard InChI is InChI=1S/C24H23ClF4N4O4.C23H22ClF4N3O3/c25-18-8-19(32-23(30)35)13(7-20(18)37-24(27,28)29)1-6-21(34)33-9-14-11-36-12-15(10-33)22(14)31-17-4-2-16(26)3-5-17;24-18-8-19(29)13(7-20(18)34-23(26,27)28)1-6-21(32)31-9-14-11-33-12-15(10-31)22(14)30-17-4-2-16(25)3-5-17/h1-8,14-15,22,31H,9-12H2,(H3,30,32,35);1-8,14-15,22,30H,9-12,29H2/b2*6-1+/t2*14-,15+,22?. The van der Waals surface area contributed by atoms with Crippen molar-refractivity contribution in [1.29, 1.82) is 0 Å². The fourth-order valence-corrected chi connectivity index (χ4v) is 9.21. The summed E-state index contributed by atoms with van der Waals surface area (Å²) in [5, 5.41) is 8.40. The topological polar surface area (TPSA) is 183 Å². The van der Waals surface area contributed by atoms with Crippen LogP contribution in [0.4, 0.5) is 62.7 Å². The van der Waals surface area contributed by atoms with Crippen LogP contribution in [0.5, 0.6) is 11.5 Å². The number of urea groups is 1. The van der Waals surface area contributed by atoms with E-state index in [9.17, 15) is 49.5 Å². The van der Waals surface area contributed by atoms with Gasteiger partial charge < -0.3 is 56.2 Å². The number of amides is 4. The second-order valence-electron chi connectivity index (χ2n) is 17.0. The lowest BCUT2D eigenvalue weighted by molar-refractivity contribution is -0.275. The van der Waals surface area contributed by atoms with Crippen LogP contribution in [-0.4, -0.2) is 105 Å². The van der Waals surface area contributed by atoms with Crippen LogP contribution in [0.15, 0.2) is 84.9 Å². The van der Waals surface area contributed by atoms with Crippen LogP contribution in [0.25, 0.3) is 12.2 Å². The SMILES string of the molecule is NC(=O)Nc1cc(Cl)c(OC(F)(F)F)cc1/C=C/C(=O)N1C[C@H]2COC[C@@H](C1)C2Nc1ccc(F)cc1.Nc1cc(Cl)c(OC(F)(F)F)cc1/C=C/C(=O)N1C[C@H]2COC[C@@H](C1)C2Nc1ccc(F)cc1. The second-order valence-corrected chi connectivity index (χ2v) is 17.8. The molecule has 7 N–H and O–H groups in total. The number of carbonyl (C=O) groups excluding carboxylic acids is 3. The third kappa shape index (κ3) is 14.3. The van der Waals surface area contributed by atoms with Gasteiger partial charge in [-0.05, 0) is 84.9 Å². The van der Waals surface area contributed by atoms with E-state index in [2.05, 4.69) is 25.4 Å². The van der Waals surface area contributed by atoms with Gasteiger partial charge in [0.05, 0.1) is 42.2 Å². The number of nitrogen functional groups attached to an aromatic ring is 1. The number of nitrogens with one attached hydrogen (secondary N) is 3. The van der Waals surface area contributed by atoms with Gasteiger partial charge in [0.15, 0.2) is 0 Å². The Balaban J connectivity index is 0.000000209. The van der Waals surface area contributed by atoms with Crippen LogP contribution in [0.2, 0.25) is 10.0 Å². The smallest absolute Gasteiger partial charge is 0.404 e. The first-order chi connectivity index (χ1) is 33.6. The zero-order valence-corrected chi connectivity index (χ0v) is 38.6. The molecule has 8 rings (SSSR count). The van der Waals surface area contributed by atoms with E-state index in [0.717, 1.165) is 35.6 Å². The van der Waals surface area contributed by atoms with E-state index in [1.165, 1.54) is 48.6 Å². The number of ether oxygens (including phenoxy) is 4. The zero-order chi connectivity index (χ0) is 51.2. The predicted molar refractivity (Wildman–Crippen MR) is 248 cm³/mol. The molecule has 4 bridgehead atoms. The summed E-state index contributed by atoms with van der Waals surface area (Å²) in [6.45, 7) is 3.36. The molecule has 4 aromatic rings. The monoisotopic (exact) mass is 1040 g/mol. The van der Waals surface area contributed by atoms with E-state index in [0.29, 0.717) is 52.6 Å². The molecule has 0 saturated carbocycles. The number of anilines is 4. The summed E-state index contributed by atoms with van der Waals surface area (Å²) in [6.07, 6.45) is -4.86. The maximum atomic E-state index is 13.2. The minimum atomic E-state index is -4.99. The average molecular weight is 1040 g/mol. The lowest BCUT2D eigenvalue weighted by Gasteiger charge is -2.47. The highest BCUT2D eigenvalue weighted by Crippen LogP contribution is 2.38. The van der Waals surface area contributed by atoms with Gasteiger partial charge in [-0.3, -0.25) is 9.59 Å². The summed E-state index contributed by atoms with van der Waals surface area (Å²) in [7, 11) is 0. The Labute approximate surface area is 410 Å². The van der Waals surface area contributed by atoms with Gasteiger partial charge in [-0.15, -0.1) is 26.3 Å². The number of likely N-dealkylation sites (tertiary alicyclic amines) is 2. The first-order valence-electron chi connectivity index (χ1n) is 21.7. The molecular formula is C47H45Cl2F8N7O7. The molecule has 4 aliphatic rings. The number of hydrogen-bond acceptors (Lipinski definition) is 10. The highest BCUT2D eigenvalue weighted by Gasteiger charge is 2.43. The molecular weight excluding hydrogens is 997 g/mol. The van der Waals surface area contributed by atoms with Crippen LogP contribution < -0.4 is 36.9 Å². The number of piperidine rings is 2. The van der Waals surface area contributed by atoms with Crippen LogP contribution in [0, 0.1) is 35.3 Å².